The van der Waals surface area contributed by atoms with E-state index in [0.717, 1.165) is 49.7 Å². The highest BCUT2D eigenvalue weighted by Gasteiger charge is 2.09. The molecule has 0 saturated carbocycles. The van der Waals surface area contributed by atoms with Crippen LogP contribution in [0.25, 0.3) is 0 Å². The van der Waals surface area contributed by atoms with Crippen molar-refractivity contribution in [1.29, 1.82) is 0 Å². The van der Waals surface area contributed by atoms with Crippen LogP contribution < -0.4 is 15.4 Å². The molecule has 26 heavy (non-hydrogen) atoms. The number of nitrogens with zero attached hydrogens (tertiary/aromatic N) is 1. The van der Waals surface area contributed by atoms with Crippen molar-refractivity contribution in [3.8, 4) is 5.75 Å². The van der Waals surface area contributed by atoms with E-state index in [2.05, 4.69) is 15.5 Å². The fourth-order valence-corrected chi connectivity index (χ4v) is 3.35. The molecule has 0 unspecified atom stereocenters. The lowest BCUT2D eigenvalue weighted by atomic mass is 10.2. The second kappa shape index (κ2) is 10.2. The number of hydrogen-bond acceptors (Lipinski definition) is 5. The number of amides is 2. The molecule has 7 heteroatoms. The molecule has 0 aliphatic carbocycles. The third kappa shape index (κ3) is 6.33. The van der Waals surface area contributed by atoms with Crippen LogP contribution in [0.1, 0.15) is 11.1 Å². The summed E-state index contributed by atoms with van der Waals surface area (Å²) in [6, 6.07) is 9.67. The molecule has 0 radical (unpaired) electrons. The van der Waals surface area contributed by atoms with Crippen LogP contribution in [0, 0.1) is 0 Å². The summed E-state index contributed by atoms with van der Waals surface area (Å²) in [5.41, 5.74) is 2.13. The minimum absolute atomic E-state index is 0.171. The second-order valence-corrected chi connectivity index (χ2v) is 6.90. The molecular formula is C19H25N3O3S. The molecule has 0 bridgehead atoms. The number of benzene rings is 1. The summed E-state index contributed by atoms with van der Waals surface area (Å²) in [4.78, 5) is 14.2. The largest absolute Gasteiger partial charge is 0.492 e. The number of rotatable bonds is 8. The highest BCUT2D eigenvalue weighted by Crippen LogP contribution is 2.13. The zero-order valence-electron chi connectivity index (χ0n) is 14.8. The summed E-state index contributed by atoms with van der Waals surface area (Å²) < 4.78 is 11.2. The molecule has 2 aromatic rings. The Morgan fingerprint density at radius 1 is 1.15 bits per heavy atom. The number of urea groups is 1. The molecule has 0 atom stereocenters. The molecule has 3 rings (SSSR count). The van der Waals surface area contributed by atoms with Crippen LogP contribution in [-0.2, 0) is 17.8 Å². The summed E-state index contributed by atoms with van der Waals surface area (Å²) in [6.07, 6.45) is 0. The zero-order valence-corrected chi connectivity index (χ0v) is 15.6. The predicted molar refractivity (Wildman–Crippen MR) is 103 cm³/mol. The molecule has 1 fully saturated rings. The maximum atomic E-state index is 11.9. The lowest BCUT2D eigenvalue weighted by molar-refractivity contribution is 0.0322. The first-order valence-corrected chi connectivity index (χ1v) is 9.78. The first-order valence-electron chi connectivity index (χ1n) is 8.84. The molecule has 1 aliphatic rings. The van der Waals surface area contributed by atoms with E-state index in [1.807, 2.05) is 41.1 Å². The van der Waals surface area contributed by atoms with Gasteiger partial charge in [-0.1, -0.05) is 12.1 Å². The number of thiophene rings is 1. The first-order chi connectivity index (χ1) is 12.8. The van der Waals surface area contributed by atoms with Gasteiger partial charge in [-0.25, -0.2) is 4.79 Å². The maximum absolute atomic E-state index is 11.9. The number of morpholine rings is 1. The van der Waals surface area contributed by atoms with Crippen LogP contribution in [0.15, 0.2) is 41.1 Å². The van der Waals surface area contributed by atoms with E-state index in [-0.39, 0.29) is 6.03 Å². The Morgan fingerprint density at radius 2 is 1.96 bits per heavy atom. The molecule has 1 aliphatic heterocycles. The number of carbonyl (C=O) groups is 1. The normalized spacial score (nSPS) is 14.8. The van der Waals surface area contributed by atoms with Crippen LogP contribution in [0.5, 0.6) is 5.75 Å². The third-order valence-electron chi connectivity index (χ3n) is 4.16. The summed E-state index contributed by atoms with van der Waals surface area (Å²) in [7, 11) is 0. The second-order valence-electron chi connectivity index (χ2n) is 6.12. The average molecular weight is 375 g/mol. The highest BCUT2D eigenvalue weighted by molar-refractivity contribution is 7.07. The minimum Gasteiger partial charge on any atom is -0.492 e. The number of ether oxygens (including phenoxy) is 2. The van der Waals surface area contributed by atoms with E-state index >= 15 is 0 Å². The van der Waals surface area contributed by atoms with Crippen molar-refractivity contribution >= 4 is 17.4 Å². The Balaban J connectivity index is 1.37. The Kier molecular flexibility index (Phi) is 7.30. The van der Waals surface area contributed by atoms with Gasteiger partial charge in [0.05, 0.1) is 13.2 Å². The van der Waals surface area contributed by atoms with E-state index < -0.39 is 0 Å². The van der Waals surface area contributed by atoms with Gasteiger partial charge in [-0.15, -0.1) is 0 Å². The Labute approximate surface area is 158 Å². The topological polar surface area (TPSA) is 62.8 Å². The molecule has 140 valence electrons. The molecule has 2 amide bonds. The van der Waals surface area contributed by atoms with Gasteiger partial charge in [0.2, 0.25) is 0 Å². The Hall–Kier alpha value is -2.09. The van der Waals surface area contributed by atoms with Crippen molar-refractivity contribution in [2.24, 2.45) is 0 Å². The lowest BCUT2D eigenvalue weighted by Crippen LogP contribution is -2.38. The Morgan fingerprint density at radius 3 is 2.73 bits per heavy atom. The smallest absolute Gasteiger partial charge is 0.315 e. The van der Waals surface area contributed by atoms with Crippen molar-refractivity contribution in [3.05, 3.63) is 52.2 Å². The van der Waals surface area contributed by atoms with Crippen LogP contribution in [0.3, 0.4) is 0 Å². The minimum atomic E-state index is -0.171. The molecule has 1 saturated heterocycles. The van der Waals surface area contributed by atoms with Gasteiger partial charge in [0, 0.05) is 32.7 Å². The lowest BCUT2D eigenvalue weighted by Gasteiger charge is -2.26. The molecule has 1 aromatic heterocycles. The van der Waals surface area contributed by atoms with Gasteiger partial charge in [0.25, 0.3) is 0 Å². The molecule has 0 spiro atoms. The average Bonchev–Trinajstić information content (AvgIpc) is 3.20. The number of carbonyl (C=O) groups excluding carboxylic acids is 1. The fraction of sp³-hybridized carbons (Fsp3) is 0.421. The number of hydrogen-bond donors (Lipinski definition) is 2. The molecular weight excluding hydrogens is 350 g/mol. The van der Waals surface area contributed by atoms with Gasteiger partial charge in [-0.3, -0.25) is 4.90 Å². The molecule has 2 heterocycles. The third-order valence-corrected chi connectivity index (χ3v) is 4.90. The fourth-order valence-electron chi connectivity index (χ4n) is 2.68. The van der Waals surface area contributed by atoms with Gasteiger partial charge in [-0.2, -0.15) is 11.3 Å². The van der Waals surface area contributed by atoms with E-state index in [1.165, 1.54) is 0 Å². The monoisotopic (exact) mass is 375 g/mol. The summed E-state index contributed by atoms with van der Waals surface area (Å²) in [5.74, 6) is 0.830. The van der Waals surface area contributed by atoms with Gasteiger partial charge in [-0.05, 0) is 40.1 Å². The molecule has 6 nitrogen and oxygen atoms in total. The van der Waals surface area contributed by atoms with Crippen molar-refractivity contribution < 1.29 is 14.3 Å². The van der Waals surface area contributed by atoms with E-state index in [9.17, 15) is 4.79 Å². The van der Waals surface area contributed by atoms with Gasteiger partial charge in [0.1, 0.15) is 12.4 Å². The zero-order chi connectivity index (χ0) is 18.0. The molecule has 2 N–H and O–H groups in total. The van der Waals surface area contributed by atoms with Gasteiger partial charge < -0.3 is 20.1 Å². The van der Waals surface area contributed by atoms with E-state index in [1.54, 1.807) is 11.3 Å². The SMILES string of the molecule is O=C(NCc1ccsc1)NCc1cccc(OCCN2CCOCC2)c1. The maximum Gasteiger partial charge on any atom is 0.315 e. The van der Waals surface area contributed by atoms with Crippen molar-refractivity contribution in [1.82, 2.24) is 15.5 Å². The van der Waals surface area contributed by atoms with Crippen molar-refractivity contribution in [2.75, 3.05) is 39.5 Å². The van der Waals surface area contributed by atoms with E-state index in [0.29, 0.717) is 19.7 Å². The highest BCUT2D eigenvalue weighted by atomic mass is 32.1. The van der Waals surface area contributed by atoms with Crippen LogP contribution in [-0.4, -0.2) is 50.4 Å². The first kappa shape index (κ1) is 18.7. The summed E-state index contributed by atoms with van der Waals surface area (Å²) in [6.45, 7) is 6.10. The Bertz CT molecular complexity index is 672. The standard InChI is InChI=1S/C19H25N3O3S/c23-19(21-14-17-4-11-26-15-17)20-13-16-2-1-3-18(12-16)25-10-7-22-5-8-24-9-6-22/h1-4,11-12,15H,5-10,13-14H2,(H2,20,21,23). The van der Waals surface area contributed by atoms with Gasteiger partial charge in [0.15, 0.2) is 0 Å². The summed E-state index contributed by atoms with van der Waals surface area (Å²) in [5, 5.41) is 9.75. The molecule has 1 aromatic carbocycles. The summed E-state index contributed by atoms with van der Waals surface area (Å²) >= 11 is 1.62. The quantitative estimate of drug-likeness (QED) is 0.744. The van der Waals surface area contributed by atoms with Crippen LogP contribution >= 0.6 is 11.3 Å². The van der Waals surface area contributed by atoms with Crippen LogP contribution in [0.2, 0.25) is 0 Å². The van der Waals surface area contributed by atoms with Gasteiger partial charge >= 0.3 is 6.03 Å². The predicted octanol–water partition coefficient (Wildman–Crippen LogP) is 2.46. The van der Waals surface area contributed by atoms with E-state index in [4.69, 9.17) is 9.47 Å². The number of nitrogens with one attached hydrogen (secondary N) is 2. The van der Waals surface area contributed by atoms with Crippen molar-refractivity contribution in [2.45, 2.75) is 13.1 Å². The van der Waals surface area contributed by atoms with Crippen molar-refractivity contribution in [3.63, 3.8) is 0 Å². The van der Waals surface area contributed by atoms with Crippen LogP contribution in [0.4, 0.5) is 4.79 Å².